The van der Waals surface area contributed by atoms with Gasteiger partial charge in [-0.05, 0) is 49.2 Å². The summed E-state index contributed by atoms with van der Waals surface area (Å²) in [5, 5.41) is 1.91. The number of ether oxygens (including phenoxy) is 1. The minimum absolute atomic E-state index is 0.0889. The van der Waals surface area contributed by atoms with Crippen molar-refractivity contribution >= 4 is 39.9 Å². The summed E-state index contributed by atoms with van der Waals surface area (Å²) in [6, 6.07) is 11.2. The van der Waals surface area contributed by atoms with Crippen molar-refractivity contribution < 1.29 is 27.9 Å². The van der Waals surface area contributed by atoms with Gasteiger partial charge in [-0.25, -0.2) is 13.8 Å². The van der Waals surface area contributed by atoms with E-state index in [1.54, 1.807) is 16.3 Å². The van der Waals surface area contributed by atoms with Crippen molar-refractivity contribution in [1.29, 1.82) is 0 Å². The molecule has 0 N–H and O–H groups in total. The fraction of sp³-hybridized carbons (Fsp3) is 0.280. The quantitative estimate of drug-likeness (QED) is 0.460. The number of anilines is 2. The molecule has 2 heterocycles. The molecule has 0 bridgehead atoms. The molecule has 1 saturated heterocycles. The van der Waals surface area contributed by atoms with Crippen molar-refractivity contribution in [1.82, 2.24) is 9.88 Å². The van der Waals surface area contributed by atoms with E-state index in [9.17, 15) is 23.2 Å². The first-order valence-corrected chi connectivity index (χ1v) is 11.9. The minimum atomic E-state index is -0.553. The number of halogens is 2. The first kappa shape index (κ1) is 24.5. The number of para-hydroxylation sites is 1. The third kappa shape index (κ3) is 5.71. The number of benzene rings is 2. The molecule has 2 amide bonds. The van der Waals surface area contributed by atoms with E-state index in [1.807, 2.05) is 0 Å². The second-order valence-electron chi connectivity index (χ2n) is 8.13. The molecule has 35 heavy (non-hydrogen) atoms. The molecule has 0 aliphatic carbocycles. The van der Waals surface area contributed by atoms with Crippen molar-refractivity contribution in [3.63, 3.8) is 0 Å². The number of carbonyl (C=O) groups excluding carboxylic acids is 3. The lowest BCUT2D eigenvalue weighted by atomic mass is 9.97. The molecule has 1 aliphatic rings. The van der Waals surface area contributed by atoms with Crippen LogP contribution in [0.25, 0.3) is 0 Å². The van der Waals surface area contributed by atoms with Crippen LogP contribution in [0.4, 0.5) is 19.6 Å². The number of esters is 1. The van der Waals surface area contributed by atoms with Crippen LogP contribution in [0.1, 0.15) is 35.8 Å². The monoisotopic (exact) mass is 499 g/mol. The number of hydrogen-bond donors (Lipinski definition) is 0. The average Bonchev–Trinajstić information content (AvgIpc) is 3.32. The third-order valence-corrected chi connectivity index (χ3v) is 6.51. The van der Waals surface area contributed by atoms with E-state index in [1.165, 1.54) is 54.3 Å². The maximum atomic E-state index is 14.2. The smallest absolute Gasteiger partial charge is 0.311 e. The van der Waals surface area contributed by atoms with E-state index in [0.717, 1.165) is 11.3 Å². The van der Waals surface area contributed by atoms with Crippen molar-refractivity contribution in [3.05, 3.63) is 76.8 Å². The van der Waals surface area contributed by atoms with Crippen molar-refractivity contribution in [3.8, 4) is 0 Å². The van der Waals surface area contributed by atoms with Crippen LogP contribution in [0, 0.1) is 17.6 Å². The lowest BCUT2D eigenvalue weighted by Gasteiger charge is -2.31. The minimum Gasteiger partial charge on any atom is -0.459 e. The number of hydrogen-bond acceptors (Lipinski definition) is 6. The highest BCUT2D eigenvalue weighted by Crippen LogP contribution is 2.31. The van der Waals surface area contributed by atoms with Gasteiger partial charge in [0.2, 0.25) is 5.91 Å². The van der Waals surface area contributed by atoms with E-state index in [0.29, 0.717) is 30.6 Å². The van der Waals surface area contributed by atoms with Gasteiger partial charge in [0.15, 0.2) is 5.13 Å². The van der Waals surface area contributed by atoms with E-state index in [4.69, 9.17) is 4.74 Å². The molecule has 4 rings (SSSR count). The molecule has 10 heteroatoms. The van der Waals surface area contributed by atoms with Crippen LogP contribution in [-0.4, -0.2) is 40.8 Å². The summed E-state index contributed by atoms with van der Waals surface area (Å²) in [6.07, 6.45) is 1.23. The number of nitrogens with zero attached hydrogens (tertiary/aromatic N) is 3. The van der Waals surface area contributed by atoms with Crippen LogP contribution in [-0.2, 0) is 20.9 Å². The number of amides is 2. The van der Waals surface area contributed by atoms with E-state index >= 15 is 0 Å². The van der Waals surface area contributed by atoms with Gasteiger partial charge in [-0.3, -0.25) is 19.3 Å². The fourth-order valence-electron chi connectivity index (χ4n) is 3.90. The predicted octanol–water partition coefficient (Wildman–Crippen LogP) is 4.70. The van der Waals surface area contributed by atoms with E-state index in [-0.39, 0.29) is 29.9 Å². The molecule has 1 fully saturated rings. The summed E-state index contributed by atoms with van der Waals surface area (Å²) < 4.78 is 32.8. The average molecular weight is 500 g/mol. The summed E-state index contributed by atoms with van der Waals surface area (Å²) in [7, 11) is 0. The summed E-state index contributed by atoms with van der Waals surface area (Å²) in [6.45, 7) is 1.92. The van der Waals surface area contributed by atoms with Crippen LogP contribution >= 0.6 is 11.3 Å². The normalized spacial score (nSPS) is 15.5. The third-order valence-electron chi connectivity index (χ3n) is 5.63. The molecular weight excluding hydrogens is 476 g/mol. The van der Waals surface area contributed by atoms with Crippen LogP contribution < -0.4 is 4.90 Å². The van der Waals surface area contributed by atoms with Gasteiger partial charge in [-0.15, -0.1) is 11.3 Å². The molecular formula is C25H23F2N3O4S. The number of piperidine rings is 1. The molecule has 0 spiro atoms. The molecule has 2 aromatic carbocycles. The Morgan fingerprint density at radius 1 is 1.14 bits per heavy atom. The molecule has 1 aromatic heterocycles. The molecule has 0 radical (unpaired) electrons. The van der Waals surface area contributed by atoms with Crippen molar-refractivity contribution in [2.24, 2.45) is 5.92 Å². The maximum Gasteiger partial charge on any atom is 0.311 e. The van der Waals surface area contributed by atoms with Crippen LogP contribution in [0.2, 0.25) is 0 Å². The zero-order valence-corrected chi connectivity index (χ0v) is 19.8. The second-order valence-corrected chi connectivity index (χ2v) is 8.97. The molecule has 3 aromatic rings. The highest BCUT2D eigenvalue weighted by Gasteiger charge is 2.30. The van der Waals surface area contributed by atoms with Crippen molar-refractivity contribution in [2.75, 3.05) is 18.0 Å². The number of aromatic nitrogens is 1. The van der Waals surface area contributed by atoms with Gasteiger partial charge >= 0.3 is 5.97 Å². The van der Waals surface area contributed by atoms with Gasteiger partial charge in [0, 0.05) is 31.0 Å². The number of rotatable bonds is 6. The van der Waals surface area contributed by atoms with Crippen LogP contribution in [0.3, 0.4) is 0 Å². The molecule has 182 valence electrons. The summed E-state index contributed by atoms with van der Waals surface area (Å²) >= 11 is 1.14. The Balaban J connectivity index is 1.37. The van der Waals surface area contributed by atoms with Crippen LogP contribution in [0.5, 0.6) is 0 Å². The number of likely N-dealkylation sites (tertiary alicyclic amines) is 1. The lowest BCUT2D eigenvalue weighted by molar-refractivity contribution is -0.151. The number of thiazole rings is 1. The van der Waals surface area contributed by atoms with Gasteiger partial charge in [-0.1, -0.05) is 12.1 Å². The first-order valence-electron chi connectivity index (χ1n) is 11.0. The molecule has 1 unspecified atom stereocenters. The van der Waals surface area contributed by atoms with Crippen LogP contribution in [0.15, 0.2) is 53.9 Å². The van der Waals surface area contributed by atoms with Gasteiger partial charge in [-0.2, -0.15) is 0 Å². The molecule has 1 aliphatic heterocycles. The highest BCUT2D eigenvalue weighted by atomic mass is 32.1. The lowest BCUT2D eigenvalue weighted by Crippen LogP contribution is -2.42. The Morgan fingerprint density at radius 3 is 2.60 bits per heavy atom. The molecule has 0 saturated carbocycles. The highest BCUT2D eigenvalue weighted by molar-refractivity contribution is 7.14. The Morgan fingerprint density at radius 2 is 1.89 bits per heavy atom. The van der Waals surface area contributed by atoms with Gasteiger partial charge in [0.25, 0.3) is 5.91 Å². The Labute approximate surface area is 204 Å². The van der Waals surface area contributed by atoms with E-state index < -0.39 is 29.4 Å². The van der Waals surface area contributed by atoms with Gasteiger partial charge in [0.05, 0.1) is 17.3 Å². The van der Waals surface area contributed by atoms with Crippen molar-refractivity contribution in [2.45, 2.75) is 26.4 Å². The molecule has 1 atom stereocenters. The topological polar surface area (TPSA) is 79.8 Å². The van der Waals surface area contributed by atoms with Gasteiger partial charge in [0.1, 0.15) is 18.2 Å². The standard InChI is InChI=1S/C25H23F2N3O4S/c1-16(31)30(22-7-3-2-6-21(22)27)25-28-20(15-35-25)14-34-24(33)18-5-4-12-29(13-18)23(32)17-8-10-19(26)11-9-17/h2-3,6-11,15,18H,4-5,12-14H2,1H3. The second kappa shape index (κ2) is 10.7. The Hall–Kier alpha value is -3.66. The maximum absolute atomic E-state index is 14.2. The number of carbonyl (C=O) groups is 3. The first-order chi connectivity index (χ1) is 16.8. The Bertz CT molecular complexity index is 1230. The van der Waals surface area contributed by atoms with E-state index in [2.05, 4.69) is 4.98 Å². The molecule has 7 nitrogen and oxygen atoms in total. The largest absolute Gasteiger partial charge is 0.459 e. The summed E-state index contributed by atoms with van der Waals surface area (Å²) in [4.78, 5) is 44.7. The van der Waals surface area contributed by atoms with Gasteiger partial charge < -0.3 is 9.64 Å². The summed E-state index contributed by atoms with van der Waals surface area (Å²) in [5.41, 5.74) is 0.877. The summed E-state index contributed by atoms with van der Waals surface area (Å²) in [5.74, 6) is -2.58. The zero-order valence-electron chi connectivity index (χ0n) is 18.9. The SMILES string of the molecule is CC(=O)N(c1nc(COC(=O)C2CCCN(C(=O)c3ccc(F)cc3)C2)cs1)c1ccccc1F. The Kier molecular flexibility index (Phi) is 7.50. The zero-order chi connectivity index (χ0) is 24.9. The fourth-order valence-corrected chi connectivity index (χ4v) is 4.76. The predicted molar refractivity (Wildman–Crippen MR) is 126 cm³/mol.